The Morgan fingerprint density at radius 2 is 2.21 bits per heavy atom. The van der Waals surface area contributed by atoms with E-state index in [2.05, 4.69) is 15.9 Å². The van der Waals surface area contributed by atoms with Crippen molar-refractivity contribution in [2.45, 2.75) is 0 Å². The molecule has 0 atom stereocenters. The SMILES string of the molecule is O=C(O)c1cc(Br)cc2c(F)csc12. The summed E-state index contributed by atoms with van der Waals surface area (Å²) in [6, 6.07) is 3.05. The molecule has 1 N–H and O–H groups in total. The molecule has 1 heterocycles. The Kier molecular flexibility index (Phi) is 2.28. The molecule has 1 aromatic heterocycles. The number of halogens is 2. The Balaban J connectivity index is 2.88. The molecule has 14 heavy (non-hydrogen) atoms. The molecular weight excluding hydrogens is 271 g/mol. The van der Waals surface area contributed by atoms with Crippen LogP contribution in [-0.4, -0.2) is 11.1 Å². The highest BCUT2D eigenvalue weighted by Crippen LogP contribution is 2.31. The summed E-state index contributed by atoms with van der Waals surface area (Å²) in [5.74, 6) is -1.42. The van der Waals surface area contributed by atoms with Crippen LogP contribution in [0.5, 0.6) is 0 Å². The first kappa shape index (κ1) is 9.61. The first-order chi connectivity index (χ1) is 6.59. The summed E-state index contributed by atoms with van der Waals surface area (Å²) < 4.78 is 14.2. The minimum Gasteiger partial charge on any atom is -0.478 e. The number of carboxylic acids is 1. The van der Waals surface area contributed by atoms with Gasteiger partial charge in [-0.2, -0.15) is 0 Å². The molecule has 0 radical (unpaired) electrons. The van der Waals surface area contributed by atoms with Crippen LogP contribution >= 0.6 is 27.3 Å². The number of hydrogen-bond acceptors (Lipinski definition) is 2. The van der Waals surface area contributed by atoms with Crippen LogP contribution in [0.1, 0.15) is 10.4 Å². The van der Waals surface area contributed by atoms with Gasteiger partial charge in [0.15, 0.2) is 0 Å². The third kappa shape index (κ3) is 1.42. The van der Waals surface area contributed by atoms with E-state index in [9.17, 15) is 9.18 Å². The van der Waals surface area contributed by atoms with Gasteiger partial charge in [-0.1, -0.05) is 15.9 Å². The van der Waals surface area contributed by atoms with E-state index in [1.807, 2.05) is 0 Å². The summed E-state index contributed by atoms with van der Waals surface area (Å²) in [5.41, 5.74) is 0.128. The average molecular weight is 275 g/mol. The van der Waals surface area contributed by atoms with Gasteiger partial charge >= 0.3 is 5.97 Å². The Labute approximate surface area is 91.1 Å². The van der Waals surface area contributed by atoms with Crippen molar-refractivity contribution in [3.8, 4) is 0 Å². The zero-order valence-corrected chi connectivity index (χ0v) is 9.15. The summed E-state index contributed by atoms with van der Waals surface area (Å²) in [5, 5.41) is 10.5. The fraction of sp³-hybridized carbons (Fsp3) is 0. The Hall–Kier alpha value is -0.940. The van der Waals surface area contributed by atoms with Crippen LogP contribution in [0.2, 0.25) is 0 Å². The van der Waals surface area contributed by atoms with E-state index < -0.39 is 5.97 Å². The van der Waals surface area contributed by atoms with Crippen molar-refractivity contribution in [3.05, 3.63) is 33.4 Å². The van der Waals surface area contributed by atoms with Gasteiger partial charge in [0.1, 0.15) is 5.82 Å². The van der Waals surface area contributed by atoms with Crippen LogP contribution in [0.15, 0.2) is 22.0 Å². The van der Waals surface area contributed by atoms with E-state index in [1.165, 1.54) is 11.4 Å². The quantitative estimate of drug-likeness (QED) is 0.864. The molecule has 0 amide bonds. The van der Waals surface area contributed by atoms with Crippen LogP contribution in [0.3, 0.4) is 0 Å². The summed E-state index contributed by atoms with van der Waals surface area (Å²) in [6.45, 7) is 0. The van der Waals surface area contributed by atoms with E-state index in [-0.39, 0.29) is 11.4 Å². The van der Waals surface area contributed by atoms with Crippen molar-refractivity contribution in [2.24, 2.45) is 0 Å². The number of carbonyl (C=O) groups is 1. The highest BCUT2D eigenvalue weighted by molar-refractivity contribution is 9.10. The summed E-state index contributed by atoms with van der Waals surface area (Å²) in [7, 11) is 0. The minimum atomic E-state index is -1.04. The Morgan fingerprint density at radius 3 is 2.86 bits per heavy atom. The Bertz CT molecular complexity index is 521. The maximum atomic E-state index is 13.2. The summed E-state index contributed by atoms with van der Waals surface area (Å²) >= 11 is 4.25. The van der Waals surface area contributed by atoms with E-state index >= 15 is 0 Å². The Morgan fingerprint density at radius 1 is 1.50 bits per heavy atom. The normalized spacial score (nSPS) is 10.7. The molecule has 2 nitrogen and oxygen atoms in total. The number of aromatic carboxylic acids is 1. The molecule has 1 aromatic carbocycles. The average Bonchev–Trinajstić information content (AvgIpc) is 2.47. The van der Waals surface area contributed by atoms with Gasteiger partial charge in [-0.05, 0) is 12.1 Å². The lowest BCUT2D eigenvalue weighted by Crippen LogP contribution is -1.96. The van der Waals surface area contributed by atoms with Gasteiger partial charge in [0, 0.05) is 15.2 Å². The van der Waals surface area contributed by atoms with Gasteiger partial charge in [-0.15, -0.1) is 11.3 Å². The standard InChI is InChI=1S/C9H4BrFO2S/c10-4-1-5-7(11)3-14-8(5)6(2-4)9(12)13/h1-3H,(H,12,13). The lowest BCUT2D eigenvalue weighted by Gasteiger charge is -1.98. The van der Waals surface area contributed by atoms with Gasteiger partial charge in [0.05, 0.1) is 10.3 Å². The second-order valence-corrected chi connectivity index (χ2v) is 4.51. The van der Waals surface area contributed by atoms with Crippen LogP contribution in [-0.2, 0) is 0 Å². The van der Waals surface area contributed by atoms with Crippen LogP contribution in [0.4, 0.5) is 4.39 Å². The predicted molar refractivity (Wildman–Crippen MR) is 56.4 cm³/mol. The molecule has 2 rings (SSSR count). The maximum Gasteiger partial charge on any atom is 0.337 e. The van der Waals surface area contributed by atoms with Gasteiger partial charge < -0.3 is 5.11 Å². The molecule has 72 valence electrons. The van der Waals surface area contributed by atoms with E-state index in [0.717, 1.165) is 11.3 Å². The van der Waals surface area contributed by atoms with Gasteiger partial charge in [-0.25, -0.2) is 9.18 Å². The van der Waals surface area contributed by atoms with Crippen LogP contribution in [0, 0.1) is 5.82 Å². The highest BCUT2D eigenvalue weighted by Gasteiger charge is 2.13. The van der Waals surface area contributed by atoms with Crippen LogP contribution in [0.25, 0.3) is 10.1 Å². The summed E-state index contributed by atoms with van der Waals surface area (Å²) in [4.78, 5) is 10.8. The molecule has 0 saturated heterocycles. The minimum absolute atomic E-state index is 0.128. The van der Waals surface area contributed by atoms with Gasteiger partial charge in [0.25, 0.3) is 0 Å². The largest absolute Gasteiger partial charge is 0.478 e. The molecular formula is C9H4BrFO2S. The number of thiophene rings is 1. The van der Waals surface area contributed by atoms with E-state index in [4.69, 9.17) is 5.11 Å². The zero-order chi connectivity index (χ0) is 10.3. The number of hydrogen-bond donors (Lipinski definition) is 1. The summed E-state index contributed by atoms with van der Waals surface area (Å²) in [6.07, 6.45) is 0. The zero-order valence-electron chi connectivity index (χ0n) is 6.75. The molecule has 2 aromatic rings. The molecule has 5 heteroatoms. The number of carboxylic acid groups (broad SMARTS) is 1. The fourth-order valence-electron chi connectivity index (χ4n) is 1.23. The molecule has 0 aliphatic carbocycles. The van der Waals surface area contributed by atoms with Crippen molar-refractivity contribution in [1.82, 2.24) is 0 Å². The molecule has 0 saturated carbocycles. The van der Waals surface area contributed by atoms with E-state index in [0.29, 0.717) is 14.6 Å². The second-order valence-electron chi connectivity index (χ2n) is 2.72. The van der Waals surface area contributed by atoms with Crippen LogP contribution < -0.4 is 0 Å². The third-order valence-corrected chi connectivity index (χ3v) is 3.28. The monoisotopic (exact) mass is 274 g/mol. The maximum absolute atomic E-state index is 13.2. The van der Waals surface area contributed by atoms with Crippen molar-refractivity contribution < 1.29 is 14.3 Å². The number of benzene rings is 1. The molecule has 0 aliphatic rings. The molecule has 0 unspecified atom stereocenters. The molecule has 0 spiro atoms. The second kappa shape index (κ2) is 3.33. The fourth-order valence-corrected chi connectivity index (χ4v) is 2.59. The highest BCUT2D eigenvalue weighted by atomic mass is 79.9. The van der Waals surface area contributed by atoms with Crippen molar-refractivity contribution in [3.63, 3.8) is 0 Å². The molecule has 0 fully saturated rings. The molecule has 0 aliphatic heterocycles. The number of rotatable bonds is 1. The smallest absolute Gasteiger partial charge is 0.337 e. The molecule has 0 bridgehead atoms. The van der Waals surface area contributed by atoms with Crippen molar-refractivity contribution in [2.75, 3.05) is 0 Å². The van der Waals surface area contributed by atoms with Crippen molar-refractivity contribution >= 4 is 43.3 Å². The lowest BCUT2D eigenvalue weighted by atomic mass is 10.1. The topological polar surface area (TPSA) is 37.3 Å². The van der Waals surface area contributed by atoms with Gasteiger partial charge in [0.2, 0.25) is 0 Å². The number of fused-ring (bicyclic) bond motifs is 1. The van der Waals surface area contributed by atoms with E-state index in [1.54, 1.807) is 6.07 Å². The third-order valence-electron chi connectivity index (χ3n) is 1.82. The van der Waals surface area contributed by atoms with Crippen molar-refractivity contribution in [1.29, 1.82) is 0 Å². The van der Waals surface area contributed by atoms with Gasteiger partial charge in [-0.3, -0.25) is 0 Å². The first-order valence-corrected chi connectivity index (χ1v) is 5.36. The lowest BCUT2D eigenvalue weighted by molar-refractivity contribution is 0.0699. The predicted octanol–water partition coefficient (Wildman–Crippen LogP) is 3.50. The first-order valence-electron chi connectivity index (χ1n) is 3.69.